The zero-order chi connectivity index (χ0) is 18.0. The Labute approximate surface area is 142 Å². The molecule has 0 aliphatic carbocycles. The smallest absolute Gasteiger partial charge is 0.363 e. The van der Waals surface area contributed by atoms with Gasteiger partial charge in [-0.15, -0.1) is 0 Å². The minimum absolute atomic E-state index is 0.0534. The molecular formula is C16H17F3N6. The molecule has 0 radical (unpaired) electrons. The van der Waals surface area contributed by atoms with E-state index in [1.807, 2.05) is 35.0 Å². The number of aromatic nitrogens is 4. The van der Waals surface area contributed by atoms with Crippen molar-refractivity contribution < 1.29 is 13.2 Å². The van der Waals surface area contributed by atoms with Crippen LogP contribution in [0.25, 0.3) is 5.65 Å². The fourth-order valence-corrected chi connectivity index (χ4v) is 2.30. The highest BCUT2D eigenvalue weighted by Crippen LogP contribution is 2.30. The summed E-state index contributed by atoms with van der Waals surface area (Å²) >= 11 is 0. The third-order valence-electron chi connectivity index (χ3n) is 3.54. The highest BCUT2D eigenvalue weighted by atomic mass is 19.4. The SMILES string of the molecule is CN(C)c1cc(C(F)(F)F)nc(NCCc2cn3ccccc3n2)n1. The topological polar surface area (TPSA) is 58.4 Å². The zero-order valence-electron chi connectivity index (χ0n) is 13.7. The molecule has 0 aliphatic rings. The first kappa shape index (κ1) is 17.0. The van der Waals surface area contributed by atoms with Gasteiger partial charge in [-0.3, -0.25) is 0 Å². The lowest BCUT2D eigenvalue weighted by Crippen LogP contribution is -2.18. The van der Waals surface area contributed by atoms with Gasteiger partial charge in [-0.2, -0.15) is 18.2 Å². The third kappa shape index (κ3) is 3.98. The molecule has 9 heteroatoms. The zero-order valence-corrected chi connectivity index (χ0v) is 13.7. The van der Waals surface area contributed by atoms with E-state index in [1.165, 1.54) is 4.90 Å². The Morgan fingerprint density at radius 1 is 1.16 bits per heavy atom. The summed E-state index contributed by atoms with van der Waals surface area (Å²) < 4.78 is 40.8. The Hall–Kier alpha value is -2.84. The summed E-state index contributed by atoms with van der Waals surface area (Å²) in [6, 6.07) is 6.60. The lowest BCUT2D eigenvalue weighted by atomic mass is 10.3. The molecule has 0 aliphatic heterocycles. The van der Waals surface area contributed by atoms with E-state index in [0.29, 0.717) is 13.0 Å². The highest BCUT2D eigenvalue weighted by Gasteiger charge is 2.33. The van der Waals surface area contributed by atoms with Gasteiger partial charge in [0.15, 0.2) is 5.69 Å². The second kappa shape index (κ2) is 6.58. The number of anilines is 2. The summed E-state index contributed by atoms with van der Waals surface area (Å²) in [5.74, 6) is 0.139. The maximum atomic E-state index is 13.0. The third-order valence-corrected chi connectivity index (χ3v) is 3.54. The normalized spacial score (nSPS) is 11.7. The van der Waals surface area contributed by atoms with Crippen LogP contribution in [0.4, 0.5) is 24.9 Å². The molecule has 0 fully saturated rings. The molecule has 3 heterocycles. The van der Waals surface area contributed by atoms with E-state index in [9.17, 15) is 13.2 Å². The number of pyridine rings is 1. The Bertz CT molecular complexity index is 839. The van der Waals surface area contributed by atoms with Gasteiger partial charge in [-0.1, -0.05) is 6.07 Å². The highest BCUT2D eigenvalue weighted by molar-refractivity contribution is 5.44. The monoisotopic (exact) mass is 350 g/mol. The average molecular weight is 350 g/mol. The molecule has 3 aromatic rings. The number of imidazole rings is 1. The fraction of sp³-hybridized carbons (Fsp3) is 0.312. The van der Waals surface area contributed by atoms with Gasteiger partial charge in [-0.05, 0) is 12.1 Å². The Balaban J connectivity index is 1.72. The first-order chi connectivity index (χ1) is 11.8. The Morgan fingerprint density at radius 2 is 1.96 bits per heavy atom. The van der Waals surface area contributed by atoms with Crippen molar-refractivity contribution in [1.82, 2.24) is 19.4 Å². The van der Waals surface area contributed by atoms with Crippen molar-refractivity contribution in [2.45, 2.75) is 12.6 Å². The van der Waals surface area contributed by atoms with E-state index in [4.69, 9.17) is 0 Å². The second-order valence-electron chi connectivity index (χ2n) is 5.70. The van der Waals surface area contributed by atoms with Crippen molar-refractivity contribution in [3.63, 3.8) is 0 Å². The molecule has 0 spiro atoms. The number of nitrogens with zero attached hydrogens (tertiary/aromatic N) is 5. The van der Waals surface area contributed by atoms with Crippen molar-refractivity contribution in [2.75, 3.05) is 30.9 Å². The quantitative estimate of drug-likeness (QED) is 0.767. The van der Waals surface area contributed by atoms with Crippen LogP contribution in [0.15, 0.2) is 36.7 Å². The number of rotatable bonds is 5. The summed E-state index contributed by atoms with van der Waals surface area (Å²) in [6.45, 7) is 0.373. The van der Waals surface area contributed by atoms with Gasteiger partial charge in [0.2, 0.25) is 5.95 Å². The van der Waals surface area contributed by atoms with Crippen molar-refractivity contribution in [3.8, 4) is 0 Å². The predicted molar refractivity (Wildman–Crippen MR) is 88.7 cm³/mol. The number of nitrogens with one attached hydrogen (secondary N) is 1. The standard InChI is InChI=1S/C16H17F3N6/c1-24(2)14-9-12(16(17,18)19)22-15(23-14)20-7-6-11-10-25-8-4-3-5-13(25)21-11/h3-5,8-10H,6-7H2,1-2H3,(H,20,22,23). The lowest BCUT2D eigenvalue weighted by Gasteiger charge is -2.15. The lowest BCUT2D eigenvalue weighted by molar-refractivity contribution is -0.141. The van der Waals surface area contributed by atoms with E-state index < -0.39 is 11.9 Å². The van der Waals surface area contributed by atoms with Gasteiger partial charge >= 0.3 is 6.18 Å². The predicted octanol–water partition coefficient (Wildman–Crippen LogP) is 2.86. The number of alkyl halides is 3. The molecule has 0 amide bonds. The van der Waals surface area contributed by atoms with Crippen LogP contribution < -0.4 is 10.2 Å². The van der Waals surface area contributed by atoms with E-state index in [-0.39, 0.29) is 11.8 Å². The van der Waals surface area contributed by atoms with Crippen molar-refractivity contribution in [2.24, 2.45) is 0 Å². The van der Waals surface area contributed by atoms with Crippen LogP contribution in [-0.4, -0.2) is 40.0 Å². The van der Waals surface area contributed by atoms with Gasteiger partial charge < -0.3 is 14.6 Å². The minimum Gasteiger partial charge on any atom is -0.363 e. The van der Waals surface area contributed by atoms with Crippen LogP contribution in [-0.2, 0) is 12.6 Å². The van der Waals surface area contributed by atoms with Gasteiger partial charge in [0.05, 0.1) is 5.69 Å². The largest absolute Gasteiger partial charge is 0.433 e. The van der Waals surface area contributed by atoms with Gasteiger partial charge in [0, 0.05) is 45.5 Å². The molecule has 0 bridgehead atoms. The molecule has 0 atom stereocenters. The van der Waals surface area contributed by atoms with E-state index in [1.54, 1.807) is 14.1 Å². The van der Waals surface area contributed by atoms with Crippen LogP contribution in [0.2, 0.25) is 0 Å². The van der Waals surface area contributed by atoms with Gasteiger partial charge in [0.25, 0.3) is 0 Å². The molecule has 25 heavy (non-hydrogen) atoms. The molecule has 0 unspecified atom stereocenters. The Morgan fingerprint density at radius 3 is 2.64 bits per heavy atom. The maximum absolute atomic E-state index is 13.0. The minimum atomic E-state index is -4.52. The summed E-state index contributed by atoms with van der Waals surface area (Å²) in [5, 5.41) is 2.85. The molecule has 0 saturated heterocycles. The van der Waals surface area contributed by atoms with Crippen molar-refractivity contribution in [1.29, 1.82) is 0 Å². The molecule has 132 valence electrons. The molecule has 3 rings (SSSR count). The van der Waals surface area contributed by atoms with Crippen molar-refractivity contribution >= 4 is 17.4 Å². The fourth-order valence-electron chi connectivity index (χ4n) is 2.30. The summed E-state index contributed by atoms with van der Waals surface area (Å²) in [5.41, 5.74) is 0.683. The van der Waals surface area contributed by atoms with E-state index >= 15 is 0 Å². The van der Waals surface area contributed by atoms with E-state index in [2.05, 4.69) is 20.3 Å². The number of halogens is 3. The number of hydrogen-bond donors (Lipinski definition) is 1. The maximum Gasteiger partial charge on any atom is 0.433 e. The van der Waals surface area contributed by atoms with Crippen LogP contribution in [0, 0.1) is 0 Å². The first-order valence-electron chi connectivity index (χ1n) is 7.63. The summed E-state index contributed by atoms with van der Waals surface area (Å²) in [6.07, 6.45) is -0.210. The molecule has 0 saturated carbocycles. The molecule has 1 N–H and O–H groups in total. The summed E-state index contributed by atoms with van der Waals surface area (Å²) in [7, 11) is 3.26. The van der Waals surface area contributed by atoms with Gasteiger partial charge in [0.1, 0.15) is 11.5 Å². The molecule has 0 aromatic carbocycles. The molecule has 3 aromatic heterocycles. The molecule has 6 nitrogen and oxygen atoms in total. The average Bonchev–Trinajstić information content (AvgIpc) is 2.96. The van der Waals surface area contributed by atoms with Crippen LogP contribution in [0.3, 0.4) is 0 Å². The first-order valence-corrected chi connectivity index (χ1v) is 7.63. The van der Waals surface area contributed by atoms with Crippen LogP contribution in [0.5, 0.6) is 0 Å². The van der Waals surface area contributed by atoms with Crippen molar-refractivity contribution in [3.05, 3.63) is 48.0 Å². The van der Waals surface area contributed by atoms with Gasteiger partial charge in [-0.25, -0.2) is 9.97 Å². The second-order valence-corrected chi connectivity index (χ2v) is 5.70. The number of fused-ring (bicyclic) bond motifs is 1. The van der Waals surface area contributed by atoms with E-state index in [0.717, 1.165) is 17.4 Å². The molecular weight excluding hydrogens is 333 g/mol. The van der Waals surface area contributed by atoms with Crippen LogP contribution in [0.1, 0.15) is 11.4 Å². The van der Waals surface area contributed by atoms with Crippen LogP contribution >= 0.6 is 0 Å². The Kier molecular flexibility index (Phi) is 4.47. The number of hydrogen-bond acceptors (Lipinski definition) is 5. The summed E-state index contributed by atoms with van der Waals surface area (Å²) in [4.78, 5) is 13.6.